The first-order chi connectivity index (χ1) is 10.3. The van der Waals surface area contributed by atoms with Gasteiger partial charge < -0.3 is 10.1 Å². The number of nitrogens with one attached hydrogen (secondary N) is 1. The van der Waals surface area contributed by atoms with E-state index in [1.807, 2.05) is 24.3 Å². The maximum Gasteiger partial charge on any atom is 0.145 e. The van der Waals surface area contributed by atoms with E-state index in [-0.39, 0.29) is 12.4 Å². The predicted molar refractivity (Wildman–Crippen MR) is 97.0 cm³/mol. The van der Waals surface area contributed by atoms with Crippen LogP contribution in [0.1, 0.15) is 25.7 Å². The number of hydrogen-bond donors (Lipinski definition) is 1. The molecule has 1 aliphatic rings. The fourth-order valence-electron chi connectivity index (χ4n) is 2.89. The van der Waals surface area contributed by atoms with Gasteiger partial charge in [-0.2, -0.15) is 0 Å². The van der Waals surface area contributed by atoms with Gasteiger partial charge in [-0.3, -0.25) is 0 Å². The Kier molecular flexibility index (Phi) is 6.64. The molecule has 1 fully saturated rings. The van der Waals surface area contributed by atoms with Gasteiger partial charge in [-0.15, -0.1) is 12.4 Å². The molecule has 2 nitrogen and oxygen atoms in total. The first-order valence-electron chi connectivity index (χ1n) is 7.48. The van der Waals surface area contributed by atoms with Crippen molar-refractivity contribution < 1.29 is 4.74 Å². The average molecular weight is 361 g/mol. The standard InChI is InChI=1S/C17H19Cl2NO.ClH/c18-15-11-16(19)17(14-7-2-1-6-13(14)15)21-10-8-12-5-3-4-9-20-12;/h1-2,6-7,11-12,20H,3-5,8-10H2;1H. The van der Waals surface area contributed by atoms with E-state index in [0.29, 0.717) is 22.7 Å². The Hall–Kier alpha value is -0.670. The number of ether oxygens (including phenoxy) is 1. The van der Waals surface area contributed by atoms with Gasteiger partial charge in [0.1, 0.15) is 5.75 Å². The smallest absolute Gasteiger partial charge is 0.145 e. The predicted octanol–water partition coefficient (Wildman–Crippen LogP) is 5.48. The molecule has 0 amide bonds. The summed E-state index contributed by atoms with van der Waals surface area (Å²) in [6, 6.07) is 10.3. The van der Waals surface area contributed by atoms with E-state index in [4.69, 9.17) is 27.9 Å². The molecule has 1 heterocycles. The normalized spacial score (nSPS) is 18.0. The minimum atomic E-state index is 0. The summed E-state index contributed by atoms with van der Waals surface area (Å²) in [5.74, 6) is 0.743. The van der Waals surface area contributed by atoms with Crippen LogP contribution >= 0.6 is 35.6 Å². The van der Waals surface area contributed by atoms with E-state index in [9.17, 15) is 0 Å². The van der Waals surface area contributed by atoms with Crippen LogP contribution in [0.4, 0.5) is 0 Å². The van der Waals surface area contributed by atoms with Gasteiger partial charge in [0.15, 0.2) is 0 Å². The third-order valence-corrected chi connectivity index (χ3v) is 4.62. The minimum Gasteiger partial charge on any atom is -0.491 e. The van der Waals surface area contributed by atoms with E-state index in [1.54, 1.807) is 6.07 Å². The van der Waals surface area contributed by atoms with Crippen LogP contribution < -0.4 is 10.1 Å². The van der Waals surface area contributed by atoms with Crippen molar-refractivity contribution >= 4 is 46.4 Å². The lowest BCUT2D eigenvalue weighted by Gasteiger charge is -2.23. The Bertz CT molecular complexity index is 627. The molecule has 0 saturated carbocycles. The third kappa shape index (κ3) is 3.99. The summed E-state index contributed by atoms with van der Waals surface area (Å²) >= 11 is 12.5. The Morgan fingerprint density at radius 1 is 1.09 bits per heavy atom. The van der Waals surface area contributed by atoms with Crippen LogP contribution in [-0.2, 0) is 0 Å². The molecule has 0 spiro atoms. The second-order valence-corrected chi connectivity index (χ2v) is 6.31. The highest BCUT2D eigenvalue weighted by Gasteiger charge is 2.14. The Morgan fingerprint density at radius 2 is 1.86 bits per heavy atom. The maximum atomic E-state index is 6.30. The molecule has 0 aliphatic carbocycles. The second kappa shape index (κ2) is 8.26. The van der Waals surface area contributed by atoms with Crippen molar-refractivity contribution in [1.29, 1.82) is 0 Å². The third-order valence-electron chi connectivity index (χ3n) is 4.02. The molecule has 1 saturated heterocycles. The molecule has 22 heavy (non-hydrogen) atoms. The number of piperidine rings is 1. The summed E-state index contributed by atoms with van der Waals surface area (Å²) in [7, 11) is 0. The number of hydrogen-bond acceptors (Lipinski definition) is 2. The van der Waals surface area contributed by atoms with Crippen molar-refractivity contribution in [2.45, 2.75) is 31.7 Å². The quantitative estimate of drug-likeness (QED) is 0.779. The summed E-state index contributed by atoms with van der Waals surface area (Å²) in [5, 5.41) is 6.73. The van der Waals surface area contributed by atoms with Gasteiger partial charge in [0.05, 0.1) is 16.7 Å². The Balaban J connectivity index is 0.00000176. The molecule has 2 aromatic rings. The molecule has 120 valence electrons. The molecule has 0 bridgehead atoms. The molecule has 0 aromatic heterocycles. The van der Waals surface area contributed by atoms with Crippen molar-refractivity contribution in [3.63, 3.8) is 0 Å². The lowest BCUT2D eigenvalue weighted by molar-refractivity contribution is 0.270. The summed E-state index contributed by atoms with van der Waals surface area (Å²) in [6.07, 6.45) is 4.83. The highest BCUT2D eigenvalue weighted by atomic mass is 35.5. The molecule has 3 rings (SSSR count). The topological polar surface area (TPSA) is 21.3 Å². The fourth-order valence-corrected chi connectivity index (χ4v) is 3.49. The second-order valence-electron chi connectivity index (χ2n) is 5.50. The van der Waals surface area contributed by atoms with Crippen molar-refractivity contribution in [2.24, 2.45) is 0 Å². The number of fused-ring (bicyclic) bond motifs is 1. The van der Waals surface area contributed by atoms with E-state index in [1.165, 1.54) is 19.3 Å². The SMILES string of the molecule is Cl.Clc1cc(Cl)c2ccccc2c1OCCC1CCCCN1. The van der Waals surface area contributed by atoms with Crippen LogP contribution in [0.15, 0.2) is 30.3 Å². The van der Waals surface area contributed by atoms with Crippen LogP contribution in [-0.4, -0.2) is 19.2 Å². The van der Waals surface area contributed by atoms with Gasteiger partial charge in [-0.25, -0.2) is 0 Å². The molecule has 5 heteroatoms. The van der Waals surface area contributed by atoms with Crippen molar-refractivity contribution in [3.8, 4) is 5.75 Å². The molecule has 1 atom stereocenters. The van der Waals surface area contributed by atoms with Crippen LogP contribution in [0.25, 0.3) is 10.8 Å². The molecule has 1 aliphatic heterocycles. The first-order valence-corrected chi connectivity index (χ1v) is 8.24. The zero-order chi connectivity index (χ0) is 14.7. The van der Waals surface area contributed by atoms with Gasteiger partial charge in [0, 0.05) is 16.8 Å². The van der Waals surface area contributed by atoms with Gasteiger partial charge >= 0.3 is 0 Å². The van der Waals surface area contributed by atoms with E-state index < -0.39 is 0 Å². The molecular weight excluding hydrogens is 341 g/mol. The number of benzene rings is 2. The zero-order valence-corrected chi connectivity index (χ0v) is 14.6. The summed E-state index contributed by atoms with van der Waals surface area (Å²) in [5.41, 5.74) is 0. The van der Waals surface area contributed by atoms with E-state index >= 15 is 0 Å². The Morgan fingerprint density at radius 3 is 2.59 bits per heavy atom. The summed E-state index contributed by atoms with van der Waals surface area (Å²) in [4.78, 5) is 0. The lowest BCUT2D eigenvalue weighted by Crippen LogP contribution is -2.35. The number of halogens is 3. The molecular formula is C17H20Cl3NO. The molecule has 0 radical (unpaired) electrons. The fraction of sp³-hybridized carbons (Fsp3) is 0.412. The maximum absolute atomic E-state index is 6.30. The van der Waals surface area contributed by atoms with Crippen LogP contribution in [0.5, 0.6) is 5.75 Å². The van der Waals surface area contributed by atoms with Gasteiger partial charge in [0.25, 0.3) is 0 Å². The molecule has 1 unspecified atom stereocenters. The van der Waals surface area contributed by atoms with Crippen LogP contribution in [0.2, 0.25) is 10.0 Å². The molecule has 1 N–H and O–H groups in total. The zero-order valence-electron chi connectivity index (χ0n) is 12.3. The van der Waals surface area contributed by atoms with Crippen LogP contribution in [0.3, 0.4) is 0 Å². The largest absolute Gasteiger partial charge is 0.491 e. The van der Waals surface area contributed by atoms with Gasteiger partial charge in [0.2, 0.25) is 0 Å². The first kappa shape index (κ1) is 17.7. The van der Waals surface area contributed by atoms with Crippen LogP contribution in [0, 0.1) is 0 Å². The summed E-state index contributed by atoms with van der Waals surface area (Å²) in [6.45, 7) is 1.79. The lowest BCUT2D eigenvalue weighted by atomic mass is 10.0. The summed E-state index contributed by atoms with van der Waals surface area (Å²) < 4.78 is 5.98. The monoisotopic (exact) mass is 359 g/mol. The highest BCUT2D eigenvalue weighted by Crippen LogP contribution is 2.38. The minimum absolute atomic E-state index is 0. The van der Waals surface area contributed by atoms with Crippen molar-refractivity contribution in [3.05, 3.63) is 40.4 Å². The highest BCUT2D eigenvalue weighted by molar-refractivity contribution is 6.39. The van der Waals surface area contributed by atoms with Gasteiger partial charge in [-0.05, 0) is 31.9 Å². The Labute approximate surface area is 147 Å². The average Bonchev–Trinajstić information content (AvgIpc) is 2.51. The number of rotatable bonds is 4. The van der Waals surface area contributed by atoms with Crippen molar-refractivity contribution in [2.75, 3.05) is 13.2 Å². The van der Waals surface area contributed by atoms with E-state index in [0.717, 1.165) is 29.5 Å². The molecule has 2 aromatic carbocycles. The van der Waals surface area contributed by atoms with E-state index in [2.05, 4.69) is 5.32 Å². The van der Waals surface area contributed by atoms with Gasteiger partial charge in [-0.1, -0.05) is 53.9 Å². The van der Waals surface area contributed by atoms with Crippen molar-refractivity contribution in [1.82, 2.24) is 5.32 Å².